The second-order valence-corrected chi connectivity index (χ2v) is 5.68. The van der Waals surface area contributed by atoms with Crippen LogP contribution in [0, 0.1) is 17.3 Å². The summed E-state index contributed by atoms with van der Waals surface area (Å²) in [5, 5.41) is 9.89. The van der Waals surface area contributed by atoms with Crippen molar-refractivity contribution in [3.05, 3.63) is 0 Å². The number of hydrogen-bond donors (Lipinski definition) is 1. The zero-order chi connectivity index (χ0) is 15.7. The Kier molecular flexibility index (Phi) is 4.59. The first-order chi connectivity index (χ1) is 9.10. The Morgan fingerprint density at radius 1 is 1.50 bits per heavy atom. The SMILES string of the molecule is CCC(C)(C(=O)C[C@H]1C(=O)O[C@](C)(O)[C@@H]1C)C(=O)OC. The molecule has 6 nitrogen and oxygen atoms in total. The summed E-state index contributed by atoms with van der Waals surface area (Å²) < 4.78 is 9.52. The highest BCUT2D eigenvalue weighted by Crippen LogP contribution is 2.39. The molecule has 1 unspecified atom stereocenters. The zero-order valence-electron chi connectivity index (χ0n) is 12.6. The number of rotatable bonds is 5. The third kappa shape index (κ3) is 2.70. The molecule has 1 aliphatic rings. The third-order valence-corrected chi connectivity index (χ3v) is 4.42. The Labute approximate surface area is 118 Å². The van der Waals surface area contributed by atoms with Crippen LogP contribution in [0.15, 0.2) is 0 Å². The number of Topliss-reactive ketones (excluding diaryl/α,β-unsaturated/α-hetero) is 1. The van der Waals surface area contributed by atoms with Crippen molar-refractivity contribution in [2.24, 2.45) is 17.3 Å². The number of cyclic esters (lactones) is 1. The minimum atomic E-state index is -1.57. The van der Waals surface area contributed by atoms with Crippen molar-refractivity contribution in [3.63, 3.8) is 0 Å². The molecular formula is C14H22O6. The van der Waals surface area contributed by atoms with Gasteiger partial charge in [0.1, 0.15) is 5.41 Å². The Balaban J connectivity index is 2.90. The molecule has 1 rings (SSSR count). The molecule has 0 aromatic heterocycles. The number of ketones is 1. The lowest BCUT2D eigenvalue weighted by molar-refractivity contribution is -0.190. The first-order valence-electron chi connectivity index (χ1n) is 6.67. The molecule has 1 saturated heterocycles. The molecule has 1 fully saturated rings. The Bertz CT molecular complexity index is 427. The Morgan fingerprint density at radius 2 is 2.05 bits per heavy atom. The van der Waals surface area contributed by atoms with E-state index in [1.165, 1.54) is 21.0 Å². The fraction of sp³-hybridized carbons (Fsp3) is 0.786. The molecule has 4 atom stereocenters. The van der Waals surface area contributed by atoms with Crippen LogP contribution >= 0.6 is 0 Å². The molecule has 0 aliphatic carbocycles. The van der Waals surface area contributed by atoms with Gasteiger partial charge in [-0.05, 0) is 13.3 Å². The van der Waals surface area contributed by atoms with Crippen LogP contribution < -0.4 is 0 Å². The first-order valence-corrected chi connectivity index (χ1v) is 6.67. The highest BCUT2D eigenvalue weighted by molar-refractivity contribution is 6.04. The molecule has 0 amide bonds. The van der Waals surface area contributed by atoms with Gasteiger partial charge >= 0.3 is 11.9 Å². The van der Waals surface area contributed by atoms with Gasteiger partial charge < -0.3 is 14.6 Å². The summed E-state index contributed by atoms with van der Waals surface area (Å²) in [7, 11) is 1.22. The fourth-order valence-electron chi connectivity index (χ4n) is 2.32. The van der Waals surface area contributed by atoms with E-state index in [4.69, 9.17) is 4.74 Å². The quantitative estimate of drug-likeness (QED) is 0.600. The maximum absolute atomic E-state index is 12.4. The molecule has 1 aliphatic heterocycles. The predicted molar refractivity (Wildman–Crippen MR) is 69.4 cm³/mol. The standard InChI is InChI=1S/C14H22O6/c1-6-13(3,12(17)19-5)10(15)7-9-8(2)14(4,18)20-11(9)16/h8-9,18H,6-7H2,1-5H3/t8-,9-,13?,14+/m1/s1. The van der Waals surface area contributed by atoms with Crippen molar-refractivity contribution in [1.29, 1.82) is 0 Å². The van der Waals surface area contributed by atoms with Crippen LogP contribution in [0.1, 0.15) is 40.5 Å². The highest BCUT2D eigenvalue weighted by atomic mass is 16.7. The summed E-state index contributed by atoms with van der Waals surface area (Å²) in [6.45, 7) is 6.25. The molecule has 20 heavy (non-hydrogen) atoms. The van der Waals surface area contributed by atoms with E-state index in [1.54, 1.807) is 13.8 Å². The number of carbonyl (C=O) groups is 3. The van der Waals surface area contributed by atoms with Crippen LogP contribution in [0.4, 0.5) is 0 Å². The Morgan fingerprint density at radius 3 is 2.40 bits per heavy atom. The predicted octanol–water partition coefficient (Wildman–Crippen LogP) is 1.05. The fourth-order valence-corrected chi connectivity index (χ4v) is 2.32. The summed E-state index contributed by atoms with van der Waals surface area (Å²) in [5.41, 5.74) is -1.27. The van der Waals surface area contributed by atoms with Gasteiger partial charge in [-0.25, -0.2) is 0 Å². The minimum Gasteiger partial charge on any atom is -0.468 e. The lowest BCUT2D eigenvalue weighted by Crippen LogP contribution is -2.39. The van der Waals surface area contributed by atoms with E-state index in [1.807, 2.05) is 0 Å². The van der Waals surface area contributed by atoms with Gasteiger partial charge in [0, 0.05) is 19.3 Å². The van der Waals surface area contributed by atoms with Crippen LogP contribution in [-0.4, -0.2) is 35.7 Å². The molecule has 0 radical (unpaired) electrons. The van der Waals surface area contributed by atoms with Crippen molar-refractivity contribution in [2.75, 3.05) is 7.11 Å². The Hall–Kier alpha value is -1.43. The lowest BCUT2D eigenvalue weighted by atomic mass is 9.76. The second-order valence-electron chi connectivity index (χ2n) is 5.68. The smallest absolute Gasteiger partial charge is 0.319 e. The number of hydrogen-bond acceptors (Lipinski definition) is 6. The van der Waals surface area contributed by atoms with Crippen molar-refractivity contribution >= 4 is 17.7 Å². The number of carbonyl (C=O) groups excluding carboxylic acids is 3. The summed E-state index contributed by atoms with van der Waals surface area (Å²) in [4.78, 5) is 35.9. The summed E-state index contributed by atoms with van der Waals surface area (Å²) in [5.74, 6) is -4.44. The minimum absolute atomic E-state index is 0.143. The molecule has 6 heteroatoms. The van der Waals surface area contributed by atoms with Gasteiger partial charge in [0.25, 0.3) is 0 Å². The third-order valence-electron chi connectivity index (χ3n) is 4.42. The average molecular weight is 286 g/mol. The van der Waals surface area contributed by atoms with Crippen molar-refractivity contribution in [1.82, 2.24) is 0 Å². The van der Waals surface area contributed by atoms with E-state index in [-0.39, 0.29) is 18.6 Å². The molecule has 1 N–H and O–H groups in total. The largest absolute Gasteiger partial charge is 0.468 e. The van der Waals surface area contributed by atoms with Crippen LogP contribution in [0.25, 0.3) is 0 Å². The molecule has 114 valence electrons. The lowest BCUT2D eigenvalue weighted by Gasteiger charge is -2.26. The molecule has 0 aromatic rings. The average Bonchev–Trinajstić information content (AvgIpc) is 2.58. The summed E-state index contributed by atoms with van der Waals surface area (Å²) >= 11 is 0. The van der Waals surface area contributed by atoms with Gasteiger partial charge in [0.2, 0.25) is 5.79 Å². The maximum atomic E-state index is 12.4. The van der Waals surface area contributed by atoms with Crippen molar-refractivity contribution in [3.8, 4) is 0 Å². The molecule has 0 saturated carbocycles. The molecular weight excluding hydrogens is 264 g/mol. The molecule has 1 heterocycles. The normalized spacial score (nSPS) is 32.4. The molecule has 0 spiro atoms. The van der Waals surface area contributed by atoms with Crippen LogP contribution in [0.5, 0.6) is 0 Å². The molecule has 0 aromatic carbocycles. The maximum Gasteiger partial charge on any atom is 0.319 e. The van der Waals surface area contributed by atoms with E-state index in [0.29, 0.717) is 0 Å². The first kappa shape index (κ1) is 16.6. The van der Waals surface area contributed by atoms with E-state index in [9.17, 15) is 19.5 Å². The number of methoxy groups -OCH3 is 1. The molecule has 0 bridgehead atoms. The topological polar surface area (TPSA) is 89.9 Å². The van der Waals surface area contributed by atoms with Crippen molar-refractivity contribution < 1.29 is 29.0 Å². The zero-order valence-corrected chi connectivity index (χ0v) is 12.6. The highest BCUT2D eigenvalue weighted by Gasteiger charge is 2.52. The number of aliphatic hydroxyl groups is 1. The van der Waals surface area contributed by atoms with Gasteiger partial charge in [-0.2, -0.15) is 0 Å². The van der Waals surface area contributed by atoms with Gasteiger partial charge in [-0.3, -0.25) is 14.4 Å². The summed E-state index contributed by atoms with van der Waals surface area (Å²) in [6.07, 6.45) is 0.140. The summed E-state index contributed by atoms with van der Waals surface area (Å²) in [6, 6.07) is 0. The van der Waals surface area contributed by atoms with E-state index in [2.05, 4.69) is 4.74 Å². The van der Waals surface area contributed by atoms with Crippen LogP contribution in [0.2, 0.25) is 0 Å². The van der Waals surface area contributed by atoms with Gasteiger partial charge in [0.15, 0.2) is 5.78 Å². The van der Waals surface area contributed by atoms with E-state index < -0.39 is 35.0 Å². The van der Waals surface area contributed by atoms with Gasteiger partial charge in [0.05, 0.1) is 13.0 Å². The number of ether oxygens (including phenoxy) is 2. The van der Waals surface area contributed by atoms with Crippen LogP contribution in [-0.2, 0) is 23.9 Å². The van der Waals surface area contributed by atoms with Gasteiger partial charge in [-0.15, -0.1) is 0 Å². The monoisotopic (exact) mass is 286 g/mol. The van der Waals surface area contributed by atoms with E-state index in [0.717, 1.165) is 0 Å². The van der Waals surface area contributed by atoms with E-state index >= 15 is 0 Å². The number of esters is 2. The second kappa shape index (κ2) is 5.52. The van der Waals surface area contributed by atoms with Crippen LogP contribution in [0.3, 0.4) is 0 Å². The van der Waals surface area contributed by atoms with Crippen molar-refractivity contribution in [2.45, 2.75) is 46.3 Å². The van der Waals surface area contributed by atoms with Gasteiger partial charge in [-0.1, -0.05) is 13.8 Å².